The third kappa shape index (κ3) is 5.98. The number of amidine groups is 1. The monoisotopic (exact) mass is 760 g/mol. The molecule has 0 saturated carbocycles. The number of rotatable bonds is 6. The van der Waals surface area contributed by atoms with E-state index < -0.39 is 0 Å². The Hall–Kier alpha value is -7.14. The molecule has 0 unspecified atom stereocenters. The summed E-state index contributed by atoms with van der Waals surface area (Å²) in [6.07, 6.45) is 3.84. The molecule has 4 heteroatoms. The summed E-state index contributed by atoms with van der Waals surface area (Å²) in [7, 11) is 0. The molecule has 3 heterocycles. The average molecular weight is 761 g/mol. The predicted octanol–water partition coefficient (Wildman–Crippen LogP) is 15.0. The second kappa shape index (κ2) is 14.4. The molecule has 0 aliphatic carbocycles. The van der Waals surface area contributed by atoms with Crippen molar-refractivity contribution in [1.29, 1.82) is 0 Å². The van der Waals surface area contributed by atoms with Crippen LogP contribution in [0.2, 0.25) is 0 Å². The van der Waals surface area contributed by atoms with Crippen LogP contribution in [0.5, 0.6) is 0 Å². The van der Waals surface area contributed by atoms with Crippen LogP contribution in [0, 0.1) is 0 Å². The molecular weight excluding hydrogens is 725 g/mol. The summed E-state index contributed by atoms with van der Waals surface area (Å²) >= 11 is 1.87. The maximum atomic E-state index is 6.90. The highest BCUT2D eigenvalue weighted by Gasteiger charge is 2.22. The number of hydrogen-bond acceptors (Lipinski definition) is 4. The van der Waals surface area contributed by atoms with Crippen LogP contribution >= 0.6 is 11.3 Å². The molecule has 0 atom stereocenters. The Labute approximate surface area is 340 Å². The number of para-hydroxylation sites is 1. The number of aliphatic imine (C=N–C) groups is 2. The van der Waals surface area contributed by atoms with Crippen LogP contribution in [0.3, 0.4) is 0 Å². The van der Waals surface area contributed by atoms with Gasteiger partial charge in [-0.2, -0.15) is 0 Å². The number of nitrogens with zero attached hydrogens (tertiary/aromatic N) is 2. The molecule has 0 saturated heterocycles. The minimum absolute atomic E-state index is 0.684. The number of thiophene rings is 1. The van der Waals surface area contributed by atoms with Gasteiger partial charge in [0.15, 0.2) is 5.84 Å². The van der Waals surface area contributed by atoms with Crippen LogP contribution < -0.4 is 0 Å². The second-order valence-electron chi connectivity index (χ2n) is 14.7. The average Bonchev–Trinajstić information content (AvgIpc) is 3.87. The van der Waals surface area contributed by atoms with Gasteiger partial charge in [-0.15, -0.1) is 11.3 Å². The number of furan rings is 1. The van der Waals surface area contributed by atoms with Crippen LogP contribution in [0.15, 0.2) is 209 Å². The van der Waals surface area contributed by atoms with Gasteiger partial charge in [-0.3, -0.25) is 0 Å². The Kier molecular flexibility index (Phi) is 8.49. The van der Waals surface area contributed by atoms with E-state index in [0.29, 0.717) is 5.84 Å². The Morgan fingerprint density at radius 3 is 1.83 bits per heavy atom. The SMILES string of the molecule is C1=C(c2cccc3c2oc2cccc(-c4ccc(-c5ccccc5)c5sc6ccccc6c45)c23)N=C(c2ccc(-c3ccccc3)cc2)N=C(c2ccccc2)CC1. The first-order valence-electron chi connectivity index (χ1n) is 19.8. The lowest BCUT2D eigenvalue weighted by Crippen LogP contribution is -2.09. The van der Waals surface area contributed by atoms with Crippen LogP contribution in [0.1, 0.15) is 29.5 Å². The van der Waals surface area contributed by atoms with Gasteiger partial charge in [-0.25, -0.2) is 9.98 Å². The second-order valence-corrected chi connectivity index (χ2v) is 15.8. The molecule has 8 aromatic carbocycles. The van der Waals surface area contributed by atoms with Crippen molar-refractivity contribution in [3.63, 3.8) is 0 Å². The van der Waals surface area contributed by atoms with Crippen molar-refractivity contribution in [2.45, 2.75) is 12.8 Å². The highest BCUT2D eigenvalue weighted by atomic mass is 32.1. The van der Waals surface area contributed by atoms with Crippen LogP contribution in [-0.2, 0) is 0 Å². The summed E-state index contributed by atoms with van der Waals surface area (Å²) in [6, 6.07) is 66.6. The third-order valence-corrected chi connectivity index (χ3v) is 12.4. The van der Waals surface area contributed by atoms with E-state index in [1.54, 1.807) is 0 Å². The number of hydrogen-bond donors (Lipinski definition) is 0. The number of benzene rings is 8. The van der Waals surface area contributed by atoms with Crippen LogP contribution in [0.4, 0.5) is 0 Å². The quantitative estimate of drug-likeness (QED) is 0.166. The fraction of sp³-hybridized carbons (Fsp3) is 0.0370. The molecule has 58 heavy (non-hydrogen) atoms. The Balaban J connectivity index is 1.08. The zero-order valence-corrected chi connectivity index (χ0v) is 32.4. The molecule has 0 amide bonds. The van der Waals surface area contributed by atoms with Crippen molar-refractivity contribution in [2.75, 3.05) is 0 Å². The molecule has 1 aliphatic rings. The van der Waals surface area contributed by atoms with E-state index in [9.17, 15) is 0 Å². The lowest BCUT2D eigenvalue weighted by Gasteiger charge is -2.14. The molecule has 0 bridgehead atoms. The topological polar surface area (TPSA) is 37.9 Å². The van der Waals surface area contributed by atoms with E-state index in [1.807, 2.05) is 23.5 Å². The Bertz CT molecular complexity index is 3240. The van der Waals surface area contributed by atoms with Gasteiger partial charge in [-0.1, -0.05) is 176 Å². The lowest BCUT2D eigenvalue weighted by molar-refractivity contribution is 0.667. The predicted molar refractivity (Wildman–Crippen MR) is 246 cm³/mol. The highest BCUT2D eigenvalue weighted by molar-refractivity contribution is 7.26. The minimum atomic E-state index is 0.684. The summed E-state index contributed by atoms with van der Waals surface area (Å²) in [6.45, 7) is 0. The maximum Gasteiger partial charge on any atom is 0.160 e. The largest absolute Gasteiger partial charge is 0.455 e. The van der Waals surface area contributed by atoms with Gasteiger partial charge < -0.3 is 4.42 Å². The zero-order chi connectivity index (χ0) is 38.4. The molecular formula is C54H36N2OS. The van der Waals surface area contributed by atoms with Crippen molar-refractivity contribution in [3.8, 4) is 33.4 Å². The molecule has 1 aliphatic heterocycles. The fourth-order valence-corrected chi connectivity index (χ4v) is 9.73. The summed E-state index contributed by atoms with van der Waals surface area (Å²) in [5.41, 5.74) is 13.8. The molecule has 274 valence electrons. The molecule has 3 nitrogen and oxygen atoms in total. The number of allylic oxidation sites excluding steroid dienone is 1. The van der Waals surface area contributed by atoms with E-state index in [0.717, 1.165) is 74.0 Å². The minimum Gasteiger partial charge on any atom is -0.455 e. The first-order valence-corrected chi connectivity index (χ1v) is 20.6. The first-order chi connectivity index (χ1) is 28.8. The Morgan fingerprint density at radius 1 is 0.431 bits per heavy atom. The standard InChI is InChI=1S/C54H36N2OS/c1-4-15-35(16-5-1)36-29-31-39(32-30-36)54-55-46(38-19-8-3-9-20-38)25-14-26-47(56-54)43-23-12-24-45-50-41(22-13-27-48(50)57-52(43)45)42-34-33-40(37-17-6-2-7-18-37)53-51(42)44-21-10-11-28-49(44)58-53/h1-13,15-24,26-34H,14,25H2. The van der Waals surface area contributed by atoms with E-state index in [4.69, 9.17) is 14.4 Å². The van der Waals surface area contributed by atoms with Gasteiger partial charge in [0.2, 0.25) is 0 Å². The van der Waals surface area contributed by atoms with E-state index >= 15 is 0 Å². The van der Waals surface area contributed by atoms with Gasteiger partial charge in [-0.05, 0) is 70.0 Å². The van der Waals surface area contributed by atoms with Gasteiger partial charge in [0, 0.05) is 42.1 Å². The van der Waals surface area contributed by atoms with Gasteiger partial charge in [0.1, 0.15) is 11.2 Å². The van der Waals surface area contributed by atoms with E-state index in [1.165, 1.54) is 42.4 Å². The van der Waals surface area contributed by atoms with Gasteiger partial charge in [0.05, 0.1) is 11.4 Å². The third-order valence-electron chi connectivity index (χ3n) is 11.2. The fourth-order valence-electron chi connectivity index (χ4n) is 8.47. The van der Waals surface area contributed by atoms with Crippen LogP contribution in [-0.4, -0.2) is 11.5 Å². The number of fused-ring (bicyclic) bond motifs is 6. The van der Waals surface area contributed by atoms with Crippen molar-refractivity contribution in [1.82, 2.24) is 0 Å². The lowest BCUT2D eigenvalue weighted by atomic mass is 9.92. The summed E-state index contributed by atoms with van der Waals surface area (Å²) in [4.78, 5) is 10.7. The van der Waals surface area contributed by atoms with Crippen molar-refractivity contribution in [3.05, 3.63) is 211 Å². The van der Waals surface area contributed by atoms with E-state index in [2.05, 4.69) is 182 Å². The van der Waals surface area contributed by atoms with Gasteiger partial charge >= 0.3 is 0 Å². The summed E-state index contributed by atoms with van der Waals surface area (Å²) in [5, 5.41) is 4.74. The molecule has 0 radical (unpaired) electrons. The summed E-state index contributed by atoms with van der Waals surface area (Å²) < 4.78 is 9.48. The molecule has 11 rings (SSSR count). The smallest absolute Gasteiger partial charge is 0.160 e. The molecule has 2 aromatic heterocycles. The van der Waals surface area contributed by atoms with Crippen molar-refractivity contribution in [2.24, 2.45) is 9.98 Å². The van der Waals surface area contributed by atoms with Crippen LogP contribution in [0.25, 0.3) is 81.2 Å². The zero-order valence-electron chi connectivity index (χ0n) is 31.6. The molecule has 10 aromatic rings. The summed E-state index contributed by atoms with van der Waals surface area (Å²) in [5.74, 6) is 0.684. The maximum absolute atomic E-state index is 6.90. The van der Waals surface area contributed by atoms with Crippen molar-refractivity contribution < 1.29 is 4.42 Å². The highest BCUT2D eigenvalue weighted by Crippen LogP contribution is 2.48. The van der Waals surface area contributed by atoms with Gasteiger partial charge in [0.25, 0.3) is 0 Å². The molecule has 0 N–H and O–H groups in total. The Morgan fingerprint density at radius 2 is 1.03 bits per heavy atom. The molecule has 0 spiro atoms. The van der Waals surface area contributed by atoms with Crippen molar-refractivity contribution >= 4 is 70.7 Å². The van der Waals surface area contributed by atoms with E-state index in [-0.39, 0.29) is 0 Å². The molecule has 0 fully saturated rings. The first kappa shape index (κ1) is 34.1. The normalized spacial score (nSPS) is 13.3.